The standard InChI is InChI=1S/C25H23FN4O2/c1-16-14-19(10-11-21(16)26)27-24(31)18-8-6-17(7-9-18)15-29-12-13-30-23(25(29)32)20-4-2-3-5-22(20)28-30/h6-14H,2-5,15H2,1H3,(H,27,31). The summed E-state index contributed by atoms with van der Waals surface area (Å²) in [5, 5.41) is 7.36. The van der Waals surface area contributed by atoms with Crippen molar-refractivity contribution in [1.29, 1.82) is 0 Å². The van der Waals surface area contributed by atoms with Gasteiger partial charge in [-0.25, -0.2) is 8.91 Å². The molecule has 2 aromatic carbocycles. The molecule has 6 nitrogen and oxygen atoms in total. The minimum absolute atomic E-state index is 0.0448. The maximum Gasteiger partial charge on any atom is 0.277 e. The van der Waals surface area contributed by atoms with Gasteiger partial charge in [-0.3, -0.25) is 9.59 Å². The van der Waals surface area contributed by atoms with Crippen LogP contribution in [0, 0.1) is 12.7 Å². The Labute approximate surface area is 184 Å². The zero-order valence-corrected chi connectivity index (χ0v) is 17.8. The summed E-state index contributed by atoms with van der Waals surface area (Å²) in [7, 11) is 0. The van der Waals surface area contributed by atoms with Crippen LogP contribution in [0.5, 0.6) is 0 Å². The van der Waals surface area contributed by atoms with E-state index in [9.17, 15) is 14.0 Å². The average Bonchev–Trinajstić information content (AvgIpc) is 3.18. The van der Waals surface area contributed by atoms with Gasteiger partial charge < -0.3 is 9.88 Å². The van der Waals surface area contributed by atoms with E-state index in [0.29, 0.717) is 28.9 Å². The Morgan fingerprint density at radius 1 is 1.09 bits per heavy atom. The minimum atomic E-state index is -0.308. The van der Waals surface area contributed by atoms with Gasteiger partial charge in [0, 0.05) is 29.2 Å². The molecule has 2 heterocycles. The van der Waals surface area contributed by atoms with E-state index in [1.165, 1.54) is 12.1 Å². The van der Waals surface area contributed by atoms with E-state index in [1.807, 2.05) is 18.3 Å². The number of carbonyl (C=O) groups excluding carboxylic acids is 1. The monoisotopic (exact) mass is 430 g/mol. The highest BCUT2D eigenvalue weighted by Gasteiger charge is 2.19. The molecule has 1 aliphatic carbocycles. The number of carbonyl (C=O) groups is 1. The fourth-order valence-electron chi connectivity index (χ4n) is 4.26. The molecular weight excluding hydrogens is 407 g/mol. The maximum atomic E-state index is 13.4. The van der Waals surface area contributed by atoms with Crippen LogP contribution in [0.1, 0.15) is 45.6 Å². The fraction of sp³-hybridized carbons (Fsp3) is 0.240. The van der Waals surface area contributed by atoms with Crippen molar-refractivity contribution >= 4 is 17.1 Å². The number of amides is 1. The number of hydrogen-bond donors (Lipinski definition) is 1. The zero-order valence-electron chi connectivity index (χ0n) is 17.8. The second-order valence-corrected chi connectivity index (χ2v) is 8.27. The van der Waals surface area contributed by atoms with Crippen molar-refractivity contribution < 1.29 is 9.18 Å². The van der Waals surface area contributed by atoms with Gasteiger partial charge >= 0.3 is 0 Å². The number of nitrogens with zero attached hydrogens (tertiary/aromatic N) is 3. The molecule has 0 saturated heterocycles. The number of fused-ring (bicyclic) bond motifs is 3. The van der Waals surface area contributed by atoms with E-state index in [2.05, 4.69) is 10.4 Å². The van der Waals surface area contributed by atoms with Crippen molar-refractivity contribution in [1.82, 2.24) is 14.2 Å². The lowest BCUT2D eigenvalue weighted by Crippen LogP contribution is -2.23. The van der Waals surface area contributed by atoms with Crippen molar-refractivity contribution in [2.75, 3.05) is 5.32 Å². The third kappa shape index (κ3) is 3.70. The van der Waals surface area contributed by atoms with Crippen molar-refractivity contribution in [3.05, 3.63) is 99.0 Å². The van der Waals surface area contributed by atoms with Crippen LogP contribution in [0.25, 0.3) is 5.52 Å². The quantitative estimate of drug-likeness (QED) is 0.530. The SMILES string of the molecule is Cc1cc(NC(=O)c2ccc(Cn3ccn4nc5c(c4c3=O)CCCC5)cc2)ccc1F. The van der Waals surface area contributed by atoms with E-state index in [-0.39, 0.29) is 17.3 Å². The average molecular weight is 430 g/mol. The van der Waals surface area contributed by atoms with Gasteiger partial charge in [0.25, 0.3) is 11.5 Å². The van der Waals surface area contributed by atoms with Gasteiger partial charge in [0.2, 0.25) is 0 Å². The number of benzene rings is 2. The molecule has 1 amide bonds. The Morgan fingerprint density at radius 2 is 1.88 bits per heavy atom. The predicted molar refractivity (Wildman–Crippen MR) is 121 cm³/mol. The number of hydrogen-bond acceptors (Lipinski definition) is 3. The molecule has 0 atom stereocenters. The molecule has 32 heavy (non-hydrogen) atoms. The molecule has 0 fully saturated rings. The van der Waals surface area contributed by atoms with Gasteiger partial charge in [-0.15, -0.1) is 0 Å². The van der Waals surface area contributed by atoms with Gasteiger partial charge in [-0.1, -0.05) is 12.1 Å². The number of nitrogens with one attached hydrogen (secondary N) is 1. The maximum absolute atomic E-state index is 13.4. The van der Waals surface area contributed by atoms with Crippen LogP contribution < -0.4 is 10.9 Å². The van der Waals surface area contributed by atoms with E-state index in [4.69, 9.17) is 0 Å². The fourth-order valence-corrected chi connectivity index (χ4v) is 4.26. The van der Waals surface area contributed by atoms with E-state index in [0.717, 1.165) is 42.5 Å². The van der Waals surface area contributed by atoms with Crippen molar-refractivity contribution in [2.45, 2.75) is 39.2 Å². The summed E-state index contributed by atoms with van der Waals surface area (Å²) in [6, 6.07) is 11.6. The van der Waals surface area contributed by atoms with Gasteiger partial charge in [0.05, 0.1) is 12.2 Å². The van der Waals surface area contributed by atoms with Gasteiger partial charge in [0.15, 0.2) is 0 Å². The highest BCUT2D eigenvalue weighted by atomic mass is 19.1. The molecule has 0 saturated carbocycles. The largest absolute Gasteiger partial charge is 0.322 e. The van der Waals surface area contributed by atoms with Crippen LogP contribution in [0.3, 0.4) is 0 Å². The smallest absolute Gasteiger partial charge is 0.277 e. The van der Waals surface area contributed by atoms with Gasteiger partial charge in [0.1, 0.15) is 11.3 Å². The van der Waals surface area contributed by atoms with Gasteiger partial charge in [-0.2, -0.15) is 5.10 Å². The molecule has 1 aliphatic rings. The third-order valence-corrected chi connectivity index (χ3v) is 6.02. The van der Waals surface area contributed by atoms with Crippen LogP contribution in [0.4, 0.5) is 10.1 Å². The van der Waals surface area contributed by atoms with Crippen LogP contribution in [-0.2, 0) is 19.4 Å². The molecule has 1 N–H and O–H groups in total. The van der Waals surface area contributed by atoms with E-state index < -0.39 is 0 Å². The molecule has 0 spiro atoms. The van der Waals surface area contributed by atoms with Crippen LogP contribution in [-0.4, -0.2) is 20.1 Å². The number of aryl methyl sites for hydroxylation is 3. The third-order valence-electron chi connectivity index (χ3n) is 6.02. The van der Waals surface area contributed by atoms with Gasteiger partial charge in [-0.05, 0) is 74.1 Å². The molecule has 0 bridgehead atoms. The first-order chi connectivity index (χ1) is 15.5. The molecule has 5 rings (SSSR count). The van der Waals surface area contributed by atoms with Crippen LogP contribution in [0.2, 0.25) is 0 Å². The Kier molecular flexibility index (Phi) is 5.09. The molecule has 0 unspecified atom stereocenters. The van der Waals surface area contributed by atoms with Crippen molar-refractivity contribution in [3.8, 4) is 0 Å². The van der Waals surface area contributed by atoms with Crippen molar-refractivity contribution in [3.63, 3.8) is 0 Å². The van der Waals surface area contributed by atoms with E-state index in [1.54, 1.807) is 40.4 Å². The summed E-state index contributed by atoms with van der Waals surface area (Å²) in [5.41, 5.74) is 5.17. The molecular formula is C25H23FN4O2. The lowest BCUT2D eigenvalue weighted by atomic mass is 9.97. The Balaban J connectivity index is 1.35. The normalized spacial score (nSPS) is 13.2. The second kappa shape index (κ2) is 8.07. The highest BCUT2D eigenvalue weighted by molar-refractivity contribution is 6.04. The molecule has 0 aliphatic heterocycles. The summed E-state index contributed by atoms with van der Waals surface area (Å²) in [6.45, 7) is 2.06. The first-order valence-corrected chi connectivity index (χ1v) is 10.8. The number of rotatable bonds is 4. The Hall–Kier alpha value is -3.74. The highest BCUT2D eigenvalue weighted by Crippen LogP contribution is 2.22. The first kappa shape index (κ1) is 20.2. The summed E-state index contributed by atoms with van der Waals surface area (Å²) in [6.07, 6.45) is 7.62. The van der Waals surface area contributed by atoms with Crippen LogP contribution >= 0.6 is 0 Å². The summed E-state index contributed by atoms with van der Waals surface area (Å²) in [4.78, 5) is 25.6. The second-order valence-electron chi connectivity index (χ2n) is 8.27. The Morgan fingerprint density at radius 3 is 2.66 bits per heavy atom. The summed E-state index contributed by atoms with van der Waals surface area (Å²) >= 11 is 0. The Bertz CT molecular complexity index is 1390. The number of halogens is 1. The number of aromatic nitrogens is 3. The molecule has 162 valence electrons. The minimum Gasteiger partial charge on any atom is -0.322 e. The summed E-state index contributed by atoms with van der Waals surface area (Å²) < 4.78 is 16.8. The zero-order chi connectivity index (χ0) is 22.2. The molecule has 0 radical (unpaired) electrons. The van der Waals surface area contributed by atoms with E-state index >= 15 is 0 Å². The molecule has 4 aromatic rings. The summed E-state index contributed by atoms with van der Waals surface area (Å²) in [5.74, 6) is -0.579. The lowest BCUT2D eigenvalue weighted by Gasteiger charge is -2.10. The predicted octanol–water partition coefficient (Wildman–Crippen LogP) is 4.12. The molecule has 2 aromatic heterocycles. The van der Waals surface area contributed by atoms with Crippen molar-refractivity contribution in [2.24, 2.45) is 0 Å². The topological polar surface area (TPSA) is 68.4 Å². The number of anilines is 1. The van der Waals surface area contributed by atoms with Crippen LogP contribution in [0.15, 0.2) is 59.7 Å². The lowest BCUT2D eigenvalue weighted by molar-refractivity contribution is 0.102. The first-order valence-electron chi connectivity index (χ1n) is 10.8. The molecule has 7 heteroatoms.